The molecule has 21 heavy (non-hydrogen) atoms. The van der Waals surface area contributed by atoms with Crippen molar-refractivity contribution in [3.8, 4) is 5.82 Å². The van der Waals surface area contributed by atoms with E-state index in [1.54, 1.807) is 0 Å². The minimum absolute atomic E-state index is 0.414. The molecule has 0 amide bonds. The predicted molar refractivity (Wildman–Crippen MR) is 84.3 cm³/mol. The van der Waals surface area contributed by atoms with Gasteiger partial charge in [-0.1, -0.05) is 42.5 Å². The fourth-order valence-corrected chi connectivity index (χ4v) is 2.64. The van der Waals surface area contributed by atoms with Crippen molar-refractivity contribution in [1.29, 1.82) is 0 Å². The predicted octanol–water partition coefficient (Wildman–Crippen LogP) is 3.03. The minimum Gasteiger partial charge on any atom is -0.325 e. The SMILES string of the molecule is NCc1cc2ccccc2c(-n2ncc3ccccc32)n1. The highest BCUT2D eigenvalue weighted by atomic mass is 15.3. The smallest absolute Gasteiger partial charge is 0.162 e. The third-order valence-corrected chi connectivity index (χ3v) is 3.66. The molecule has 0 saturated carbocycles. The highest BCUT2D eigenvalue weighted by molar-refractivity contribution is 5.91. The van der Waals surface area contributed by atoms with E-state index in [0.29, 0.717) is 6.54 Å². The van der Waals surface area contributed by atoms with Crippen LogP contribution in [0.25, 0.3) is 27.5 Å². The first-order valence-electron chi connectivity index (χ1n) is 6.89. The normalized spacial score (nSPS) is 11.3. The molecule has 4 aromatic rings. The topological polar surface area (TPSA) is 56.7 Å². The highest BCUT2D eigenvalue weighted by Gasteiger charge is 2.10. The molecule has 4 nitrogen and oxygen atoms in total. The van der Waals surface area contributed by atoms with Gasteiger partial charge in [0.15, 0.2) is 5.82 Å². The summed E-state index contributed by atoms with van der Waals surface area (Å²) < 4.78 is 1.89. The molecule has 0 radical (unpaired) electrons. The van der Waals surface area contributed by atoms with Gasteiger partial charge < -0.3 is 5.73 Å². The van der Waals surface area contributed by atoms with Crippen LogP contribution in [0, 0.1) is 0 Å². The molecule has 0 fully saturated rings. The van der Waals surface area contributed by atoms with Crippen LogP contribution in [0.1, 0.15) is 5.69 Å². The van der Waals surface area contributed by atoms with Crippen molar-refractivity contribution in [1.82, 2.24) is 14.8 Å². The second-order valence-corrected chi connectivity index (χ2v) is 4.98. The lowest BCUT2D eigenvalue weighted by Gasteiger charge is -2.09. The first-order valence-corrected chi connectivity index (χ1v) is 6.89. The third kappa shape index (κ3) is 1.88. The summed E-state index contributed by atoms with van der Waals surface area (Å²) in [6.07, 6.45) is 1.86. The summed E-state index contributed by atoms with van der Waals surface area (Å²) in [5, 5.41) is 7.80. The van der Waals surface area contributed by atoms with Crippen LogP contribution in [-0.2, 0) is 6.54 Å². The maximum Gasteiger partial charge on any atom is 0.162 e. The van der Waals surface area contributed by atoms with Crippen molar-refractivity contribution in [2.24, 2.45) is 5.73 Å². The van der Waals surface area contributed by atoms with Crippen LogP contribution in [0.3, 0.4) is 0 Å². The average Bonchev–Trinajstić information content (AvgIpc) is 2.97. The molecule has 0 unspecified atom stereocenters. The van der Waals surface area contributed by atoms with Crippen LogP contribution >= 0.6 is 0 Å². The lowest BCUT2D eigenvalue weighted by Crippen LogP contribution is -2.06. The van der Waals surface area contributed by atoms with Crippen LogP contribution in [0.5, 0.6) is 0 Å². The Labute approximate surface area is 121 Å². The van der Waals surface area contributed by atoms with Gasteiger partial charge >= 0.3 is 0 Å². The van der Waals surface area contributed by atoms with E-state index >= 15 is 0 Å². The van der Waals surface area contributed by atoms with Gasteiger partial charge in [0.25, 0.3) is 0 Å². The van der Waals surface area contributed by atoms with Gasteiger partial charge in [-0.3, -0.25) is 0 Å². The molecule has 2 heterocycles. The second-order valence-electron chi connectivity index (χ2n) is 4.98. The van der Waals surface area contributed by atoms with Gasteiger partial charge in [-0.15, -0.1) is 0 Å². The van der Waals surface area contributed by atoms with Crippen LogP contribution in [0.15, 0.2) is 60.8 Å². The van der Waals surface area contributed by atoms with E-state index in [0.717, 1.165) is 33.2 Å². The Balaban J connectivity index is 2.09. The number of nitrogens with zero attached hydrogens (tertiary/aromatic N) is 3. The number of aromatic nitrogens is 3. The summed E-state index contributed by atoms with van der Waals surface area (Å²) >= 11 is 0. The molecule has 2 aromatic heterocycles. The summed E-state index contributed by atoms with van der Waals surface area (Å²) in [6.45, 7) is 0.414. The molecule has 0 bridgehead atoms. The van der Waals surface area contributed by atoms with Gasteiger partial charge in [-0.2, -0.15) is 5.10 Å². The zero-order valence-electron chi connectivity index (χ0n) is 11.4. The maximum atomic E-state index is 5.78. The molecule has 2 N–H and O–H groups in total. The highest BCUT2D eigenvalue weighted by Crippen LogP contribution is 2.24. The Morgan fingerprint density at radius 2 is 1.71 bits per heavy atom. The largest absolute Gasteiger partial charge is 0.325 e. The van der Waals surface area contributed by atoms with Crippen molar-refractivity contribution in [3.05, 3.63) is 66.5 Å². The Bertz CT molecular complexity index is 940. The Kier molecular flexibility index (Phi) is 2.69. The first-order chi connectivity index (χ1) is 10.4. The molecule has 0 aliphatic heterocycles. The van der Waals surface area contributed by atoms with Gasteiger partial charge in [0, 0.05) is 17.3 Å². The monoisotopic (exact) mass is 274 g/mol. The first kappa shape index (κ1) is 12.1. The average molecular weight is 274 g/mol. The van der Waals surface area contributed by atoms with Crippen molar-refractivity contribution >= 4 is 21.7 Å². The van der Waals surface area contributed by atoms with Gasteiger partial charge in [-0.25, -0.2) is 9.67 Å². The zero-order chi connectivity index (χ0) is 14.2. The molecule has 0 aliphatic carbocycles. The van der Waals surface area contributed by atoms with Gasteiger partial charge in [0.1, 0.15) is 0 Å². The quantitative estimate of drug-likeness (QED) is 0.611. The lowest BCUT2D eigenvalue weighted by molar-refractivity contribution is 0.863. The van der Waals surface area contributed by atoms with Crippen LogP contribution < -0.4 is 5.73 Å². The van der Waals surface area contributed by atoms with Crippen molar-refractivity contribution in [2.45, 2.75) is 6.54 Å². The molecule has 4 heteroatoms. The van der Waals surface area contributed by atoms with Crippen LogP contribution in [0.2, 0.25) is 0 Å². The molecule has 0 atom stereocenters. The molecule has 0 saturated heterocycles. The second kappa shape index (κ2) is 4.68. The molecule has 0 spiro atoms. The van der Waals surface area contributed by atoms with E-state index in [2.05, 4.69) is 22.2 Å². The molecule has 0 aliphatic rings. The summed E-state index contributed by atoms with van der Waals surface area (Å²) in [5.74, 6) is 0.828. The number of benzene rings is 2. The van der Waals surface area contributed by atoms with E-state index in [1.165, 1.54) is 0 Å². The number of hydrogen-bond acceptors (Lipinski definition) is 3. The Morgan fingerprint density at radius 1 is 0.952 bits per heavy atom. The lowest BCUT2D eigenvalue weighted by atomic mass is 10.1. The Hall–Kier alpha value is -2.72. The maximum absolute atomic E-state index is 5.78. The fraction of sp³-hybridized carbons (Fsp3) is 0.0588. The summed E-state index contributed by atoms with van der Waals surface area (Å²) in [7, 11) is 0. The van der Waals surface area contributed by atoms with E-state index in [4.69, 9.17) is 5.73 Å². The molecule has 4 rings (SSSR count). The number of nitrogens with two attached hydrogens (primary N) is 1. The van der Waals surface area contributed by atoms with E-state index in [1.807, 2.05) is 53.3 Å². The standard InChI is InChI=1S/C17H14N4/c18-10-14-9-12-5-1-3-7-15(12)17(20-14)21-16-8-4-2-6-13(16)11-19-21/h1-9,11H,10,18H2. The summed E-state index contributed by atoms with van der Waals surface area (Å²) in [6, 6.07) is 18.3. The summed E-state index contributed by atoms with van der Waals surface area (Å²) in [5.41, 5.74) is 7.69. The van der Waals surface area contributed by atoms with E-state index in [-0.39, 0.29) is 0 Å². The number of rotatable bonds is 2. The van der Waals surface area contributed by atoms with Crippen LogP contribution in [0.4, 0.5) is 0 Å². The number of para-hydroxylation sites is 1. The van der Waals surface area contributed by atoms with E-state index in [9.17, 15) is 0 Å². The van der Waals surface area contributed by atoms with Crippen LogP contribution in [-0.4, -0.2) is 14.8 Å². The summed E-state index contributed by atoms with van der Waals surface area (Å²) in [4.78, 5) is 4.69. The molecule has 2 aromatic carbocycles. The molecule has 102 valence electrons. The van der Waals surface area contributed by atoms with Crippen molar-refractivity contribution in [2.75, 3.05) is 0 Å². The zero-order valence-corrected chi connectivity index (χ0v) is 11.4. The minimum atomic E-state index is 0.414. The van der Waals surface area contributed by atoms with Gasteiger partial charge in [0.05, 0.1) is 17.4 Å². The van der Waals surface area contributed by atoms with Crippen molar-refractivity contribution in [3.63, 3.8) is 0 Å². The molecular formula is C17H14N4. The van der Waals surface area contributed by atoms with Crippen molar-refractivity contribution < 1.29 is 0 Å². The van der Waals surface area contributed by atoms with Gasteiger partial charge in [-0.05, 0) is 17.5 Å². The Morgan fingerprint density at radius 3 is 2.57 bits per heavy atom. The molecular weight excluding hydrogens is 260 g/mol. The number of pyridine rings is 1. The number of fused-ring (bicyclic) bond motifs is 2. The van der Waals surface area contributed by atoms with Gasteiger partial charge in [0.2, 0.25) is 0 Å². The number of hydrogen-bond donors (Lipinski definition) is 1. The fourth-order valence-electron chi connectivity index (χ4n) is 2.64. The third-order valence-electron chi connectivity index (χ3n) is 3.66. The van der Waals surface area contributed by atoms with E-state index < -0.39 is 0 Å².